The highest BCUT2D eigenvalue weighted by molar-refractivity contribution is 5.96. The molecular weight excluding hydrogens is 363 g/mol. The maximum Gasteiger partial charge on any atom is 0.357 e. The molecule has 2 heterocycles. The first-order valence-electron chi connectivity index (χ1n) is 8.18. The summed E-state index contributed by atoms with van der Waals surface area (Å²) < 4.78 is 25.4. The number of halogens is 1. The van der Waals surface area contributed by atoms with Gasteiger partial charge in [0.2, 0.25) is 5.89 Å². The fourth-order valence-corrected chi connectivity index (χ4v) is 2.93. The second-order valence-corrected chi connectivity index (χ2v) is 5.96. The third-order valence-electron chi connectivity index (χ3n) is 4.26. The number of nitriles is 1. The van der Waals surface area contributed by atoms with Gasteiger partial charge < -0.3 is 19.5 Å². The van der Waals surface area contributed by atoms with Gasteiger partial charge in [0.05, 0.1) is 18.4 Å². The summed E-state index contributed by atoms with van der Waals surface area (Å²) in [6.45, 7) is 0. The van der Waals surface area contributed by atoms with Crippen LogP contribution in [0, 0.1) is 17.1 Å². The molecule has 138 valence electrons. The predicted octanol–water partition coefficient (Wildman–Crippen LogP) is 3.67. The van der Waals surface area contributed by atoms with Gasteiger partial charge in [0, 0.05) is 17.4 Å². The Morgan fingerprint density at radius 2 is 2.14 bits per heavy atom. The van der Waals surface area contributed by atoms with E-state index in [0.29, 0.717) is 22.4 Å². The summed E-state index contributed by atoms with van der Waals surface area (Å²) in [4.78, 5) is 16.5. The predicted molar refractivity (Wildman–Crippen MR) is 99.2 cm³/mol. The monoisotopic (exact) mass is 376 g/mol. The minimum absolute atomic E-state index is 0.0371. The number of esters is 1. The van der Waals surface area contributed by atoms with E-state index in [0.717, 1.165) is 0 Å². The minimum atomic E-state index is -0.667. The maximum atomic E-state index is 13.5. The van der Waals surface area contributed by atoms with Crippen molar-refractivity contribution in [1.29, 1.82) is 5.26 Å². The van der Waals surface area contributed by atoms with Gasteiger partial charge >= 0.3 is 5.97 Å². The lowest BCUT2D eigenvalue weighted by Gasteiger charge is -2.08. The normalized spacial score (nSPS) is 10.8. The highest BCUT2D eigenvalue weighted by atomic mass is 19.1. The summed E-state index contributed by atoms with van der Waals surface area (Å²) in [5, 5.41) is 9.23. The third kappa shape index (κ3) is 2.75. The number of methoxy groups -OCH3 is 1. The first-order chi connectivity index (χ1) is 13.5. The van der Waals surface area contributed by atoms with Crippen molar-refractivity contribution in [2.75, 3.05) is 12.8 Å². The first kappa shape index (κ1) is 17.3. The van der Waals surface area contributed by atoms with Crippen LogP contribution in [0.15, 0.2) is 53.1 Å². The zero-order valence-corrected chi connectivity index (χ0v) is 14.6. The molecule has 0 amide bonds. The van der Waals surface area contributed by atoms with Gasteiger partial charge in [0.15, 0.2) is 11.3 Å². The molecule has 0 spiro atoms. The molecule has 0 aliphatic heterocycles. The van der Waals surface area contributed by atoms with Crippen LogP contribution in [0.2, 0.25) is 0 Å². The number of hydrogen-bond acceptors (Lipinski definition) is 6. The van der Waals surface area contributed by atoms with Crippen LogP contribution in [0.1, 0.15) is 16.1 Å². The van der Waals surface area contributed by atoms with Crippen molar-refractivity contribution in [3.05, 3.63) is 65.7 Å². The second kappa shape index (κ2) is 6.55. The van der Waals surface area contributed by atoms with Gasteiger partial charge in [-0.25, -0.2) is 14.2 Å². The van der Waals surface area contributed by atoms with Crippen LogP contribution < -0.4 is 5.73 Å². The number of oxazole rings is 1. The molecule has 4 rings (SSSR count). The summed E-state index contributed by atoms with van der Waals surface area (Å²) >= 11 is 0. The van der Waals surface area contributed by atoms with Gasteiger partial charge in [0.1, 0.15) is 17.4 Å². The van der Waals surface area contributed by atoms with E-state index in [1.807, 2.05) is 6.07 Å². The van der Waals surface area contributed by atoms with Crippen molar-refractivity contribution in [1.82, 2.24) is 9.55 Å². The number of nitrogens with two attached hydrogens (primary N) is 1. The number of benzene rings is 2. The Morgan fingerprint density at radius 3 is 2.86 bits per heavy atom. The van der Waals surface area contributed by atoms with E-state index in [4.69, 9.17) is 14.9 Å². The Balaban J connectivity index is 1.85. The molecule has 8 heteroatoms. The quantitative estimate of drug-likeness (QED) is 0.547. The Kier molecular flexibility index (Phi) is 4.05. The summed E-state index contributed by atoms with van der Waals surface area (Å²) in [6, 6.07) is 12.9. The Hall–Kier alpha value is -4.12. The van der Waals surface area contributed by atoms with Gasteiger partial charge in [0.25, 0.3) is 0 Å². The molecule has 0 unspecified atom stereocenters. The lowest BCUT2D eigenvalue weighted by atomic mass is 10.2. The largest absolute Gasteiger partial charge is 0.464 e. The highest BCUT2D eigenvalue weighted by Gasteiger charge is 2.22. The fourth-order valence-electron chi connectivity index (χ4n) is 2.93. The molecule has 28 heavy (non-hydrogen) atoms. The molecule has 0 fully saturated rings. The van der Waals surface area contributed by atoms with E-state index >= 15 is 0 Å². The number of anilines is 1. The van der Waals surface area contributed by atoms with Gasteiger partial charge in [-0.15, -0.1) is 0 Å². The number of nitrogen functional groups attached to an aromatic ring is 1. The number of fused-ring (bicyclic) bond motifs is 1. The molecular formula is C20H13FN4O3. The zero-order chi connectivity index (χ0) is 19.8. The number of hydrogen-bond donors (Lipinski definition) is 1. The topological polar surface area (TPSA) is 107 Å². The van der Waals surface area contributed by atoms with Gasteiger partial charge in [-0.05, 0) is 36.4 Å². The van der Waals surface area contributed by atoms with Crippen LogP contribution >= 0.6 is 0 Å². The number of nitrogens with zero attached hydrogens (tertiary/aromatic N) is 3. The van der Waals surface area contributed by atoms with E-state index in [2.05, 4.69) is 4.98 Å². The first-order valence-corrected chi connectivity index (χ1v) is 8.18. The average molecular weight is 376 g/mol. The average Bonchev–Trinajstić information content (AvgIpc) is 3.27. The summed E-state index contributed by atoms with van der Waals surface area (Å²) in [5.74, 6) is -0.792. The van der Waals surface area contributed by atoms with Crippen LogP contribution in [0.4, 0.5) is 10.1 Å². The summed E-state index contributed by atoms with van der Waals surface area (Å²) in [6.07, 6.45) is 1.45. The summed E-state index contributed by atoms with van der Waals surface area (Å²) in [5.41, 5.74) is 8.19. The number of aromatic nitrogens is 2. The number of carbonyl (C=O) groups excluding carboxylic acids is 1. The van der Waals surface area contributed by atoms with E-state index in [-0.39, 0.29) is 22.8 Å². The van der Waals surface area contributed by atoms with Gasteiger partial charge in [-0.3, -0.25) is 0 Å². The molecule has 7 nitrogen and oxygen atoms in total. The van der Waals surface area contributed by atoms with Gasteiger partial charge in [-0.2, -0.15) is 5.26 Å². The molecule has 0 radical (unpaired) electrons. The zero-order valence-electron chi connectivity index (χ0n) is 14.6. The number of rotatable bonds is 3. The van der Waals surface area contributed by atoms with Crippen LogP contribution in [0.25, 0.3) is 28.2 Å². The number of ether oxygens (including phenoxy) is 1. The molecule has 0 atom stereocenters. The molecule has 4 aromatic rings. The molecule has 2 N–H and O–H groups in total. The lowest BCUT2D eigenvalue weighted by Crippen LogP contribution is -2.11. The molecule has 0 aliphatic carbocycles. The van der Waals surface area contributed by atoms with E-state index in [9.17, 15) is 14.4 Å². The van der Waals surface area contributed by atoms with Crippen molar-refractivity contribution >= 4 is 22.8 Å². The van der Waals surface area contributed by atoms with Crippen LogP contribution in [-0.4, -0.2) is 22.6 Å². The minimum Gasteiger partial charge on any atom is -0.464 e. The van der Waals surface area contributed by atoms with Crippen molar-refractivity contribution < 1.29 is 18.3 Å². The standard InChI is InChI=1S/C20H13FN4O3/c1-27-20(26)18-17(23)12(9-22)10-25(18)14-5-6-16-15(8-14)24-19(28-16)11-3-2-4-13(21)7-11/h2-8,10H,23H2,1H3. The third-order valence-corrected chi connectivity index (χ3v) is 4.26. The van der Waals surface area contributed by atoms with Crippen molar-refractivity contribution in [3.8, 4) is 23.2 Å². The smallest absolute Gasteiger partial charge is 0.357 e. The second-order valence-electron chi connectivity index (χ2n) is 5.96. The Labute approximate surface area is 158 Å². The van der Waals surface area contributed by atoms with Crippen LogP contribution in [0.3, 0.4) is 0 Å². The van der Waals surface area contributed by atoms with Gasteiger partial charge in [-0.1, -0.05) is 6.07 Å². The maximum absolute atomic E-state index is 13.5. The molecule has 2 aromatic carbocycles. The molecule has 0 saturated carbocycles. The molecule has 2 aromatic heterocycles. The Bertz CT molecular complexity index is 1270. The van der Waals surface area contributed by atoms with Crippen molar-refractivity contribution in [2.24, 2.45) is 0 Å². The lowest BCUT2D eigenvalue weighted by molar-refractivity contribution is 0.0593. The summed E-state index contributed by atoms with van der Waals surface area (Å²) in [7, 11) is 1.23. The van der Waals surface area contributed by atoms with Crippen LogP contribution in [-0.2, 0) is 4.74 Å². The van der Waals surface area contributed by atoms with Crippen molar-refractivity contribution in [2.45, 2.75) is 0 Å². The SMILES string of the molecule is COC(=O)c1c(N)c(C#N)cn1-c1ccc2oc(-c3cccc(F)c3)nc2c1. The Morgan fingerprint density at radius 1 is 1.32 bits per heavy atom. The van der Waals surface area contributed by atoms with E-state index in [1.54, 1.807) is 30.3 Å². The number of carbonyl (C=O) groups is 1. The van der Waals surface area contributed by atoms with E-state index < -0.39 is 11.8 Å². The van der Waals surface area contributed by atoms with Crippen molar-refractivity contribution in [3.63, 3.8) is 0 Å². The molecule has 0 saturated heterocycles. The highest BCUT2D eigenvalue weighted by Crippen LogP contribution is 2.29. The molecule has 0 bridgehead atoms. The fraction of sp³-hybridized carbons (Fsp3) is 0.0500. The van der Waals surface area contributed by atoms with Crippen LogP contribution in [0.5, 0.6) is 0 Å². The van der Waals surface area contributed by atoms with E-state index in [1.165, 1.54) is 30.0 Å². The molecule has 0 aliphatic rings.